The van der Waals surface area contributed by atoms with E-state index < -0.39 is 5.97 Å². The fraction of sp³-hybridized carbons (Fsp3) is 0.400. The van der Waals surface area contributed by atoms with Gasteiger partial charge >= 0.3 is 5.97 Å². The van der Waals surface area contributed by atoms with E-state index in [1.165, 1.54) is 5.56 Å². The Labute approximate surface area is 162 Å². The molecule has 0 aliphatic heterocycles. The number of aromatic amines is 1. The molecule has 2 aromatic heterocycles. The Hall–Kier alpha value is -3.16. The van der Waals surface area contributed by atoms with Crippen LogP contribution in [-0.4, -0.2) is 43.9 Å². The number of esters is 1. The van der Waals surface area contributed by atoms with Crippen molar-refractivity contribution in [1.29, 1.82) is 0 Å². The third-order valence-electron chi connectivity index (χ3n) is 5.08. The number of aromatic nitrogens is 5. The average molecular weight is 381 g/mol. The van der Waals surface area contributed by atoms with E-state index in [0.717, 1.165) is 31.4 Å². The van der Waals surface area contributed by atoms with E-state index >= 15 is 0 Å². The topological polar surface area (TPSA) is 94.9 Å². The van der Waals surface area contributed by atoms with Crippen LogP contribution in [0.4, 0.5) is 0 Å². The zero-order valence-corrected chi connectivity index (χ0v) is 15.7. The fourth-order valence-corrected chi connectivity index (χ4v) is 3.63. The first-order valence-electron chi connectivity index (χ1n) is 9.59. The molecule has 1 aromatic carbocycles. The Bertz CT molecular complexity index is 896. The molecule has 1 fully saturated rings. The van der Waals surface area contributed by atoms with Gasteiger partial charge in [0, 0.05) is 12.4 Å². The Morgan fingerprint density at radius 3 is 2.68 bits per heavy atom. The summed E-state index contributed by atoms with van der Waals surface area (Å²) in [5.74, 6) is 0.243. The second-order valence-electron chi connectivity index (χ2n) is 6.85. The minimum Gasteiger partial charge on any atom is -0.472 e. The largest absolute Gasteiger partial charge is 0.472 e. The summed E-state index contributed by atoms with van der Waals surface area (Å²) in [6.45, 7) is 2.05. The summed E-state index contributed by atoms with van der Waals surface area (Å²) in [4.78, 5) is 11.9. The molecule has 0 atom stereocenters. The highest BCUT2D eigenvalue weighted by atomic mass is 16.5. The lowest BCUT2D eigenvalue weighted by Crippen LogP contribution is -2.24. The average Bonchev–Trinajstić information content (AvgIpc) is 3.41. The van der Waals surface area contributed by atoms with Gasteiger partial charge in [0.05, 0.1) is 12.3 Å². The van der Waals surface area contributed by atoms with Gasteiger partial charge in [-0.05, 0) is 62.3 Å². The van der Waals surface area contributed by atoms with Crippen LogP contribution in [0.1, 0.15) is 54.6 Å². The lowest BCUT2D eigenvalue weighted by molar-refractivity contribution is 0.0508. The second kappa shape index (κ2) is 8.24. The predicted molar refractivity (Wildman–Crippen MR) is 102 cm³/mol. The van der Waals surface area contributed by atoms with Gasteiger partial charge in [0.15, 0.2) is 0 Å². The summed E-state index contributed by atoms with van der Waals surface area (Å²) < 4.78 is 12.8. The molecule has 2 heterocycles. The number of ether oxygens (including phenoxy) is 2. The smallest absolute Gasteiger partial charge is 0.362 e. The number of benzene rings is 1. The molecule has 1 aliphatic carbocycles. The van der Waals surface area contributed by atoms with E-state index in [4.69, 9.17) is 9.47 Å². The number of carbonyl (C=O) groups excluding carboxylic acids is 1. The highest BCUT2D eigenvalue weighted by Gasteiger charge is 2.27. The van der Waals surface area contributed by atoms with Gasteiger partial charge in [-0.15, -0.1) is 0 Å². The zero-order chi connectivity index (χ0) is 19.3. The van der Waals surface area contributed by atoms with Gasteiger partial charge in [-0.3, -0.25) is 0 Å². The highest BCUT2D eigenvalue weighted by molar-refractivity contribution is 5.89. The molecule has 1 aliphatic rings. The lowest BCUT2D eigenvalue weighted by Gasteiger charge is -2.28. The minimum atomic E-state index is -0.492. The van der Waals surface area contributed by atoms with E-state index in [9.17, 15) is 4.79 Å². The van der Waals surface area contributed by atoms with E-state index in [1.54, 1.807) is 13.1 Å². The van der Waals surface area contributed by atoms with Crippen LogP contribution in [0.15, 0.2) is 42.7 Å². The van der Waals surface area contributed by atoms with E-state index in [2.05, 4.69) is 44.8 Å². The third kappa shape index (κ3) is 3.90. The second-order valence-corrected chi connectivity index (χ2v) is 6.85. The van der Waals surface area contributed by atoms with Crippen LogP contribution in [0.3, 0.4) is 0 Å². The van der Waals surface area contributed by atoms with Crippen LogP contribution in [0.5, 0.6) is 5.88 Å². The van der Waals surface area contributed by atoms with Crippen molar-refractivity contribution < 1.29 is 14.3 Å². The van der Waals surface area contributed by atoms with Crippen LogP contribution in [0.2, 0.25) is 0 Å². The molecule has 0 bridgehead atoms. The maximum atomic E-state index is 11.9. The quantitative estimate of drug-likeness (QED) is 0.659. The number of hydrogen-bond donors (Lipinski definition) is 1. The summed E-state index contributed by atoms with van der Waals surface area (Å²) >= 11 is 0. The molecule has 28 heavy (non-hydrogen) atoms. The SMILES string of the molecule is CCOC(=O)c1[nH]nnc1O[C@H]1CC[C@H](c2ccc(-n3cccn3)cc2)CC1. The van der Waals surface area contributed by atoms with E-state index in [-0.39, 0.29) is 17.7 Å². The normalized spacial score (nSPS) is 19.3. The van der Waals surface area contributed by atoms with E-state index in [0.29, 0.717) is 12.5 Å². The van der Waals surface area contributed by atoms with Crippen LogP contribution < -0.4 is 4.74 Å². The molecule has 8 heteroatoms. The minimum absolute atomic E-state index is 0.0258. The number of nitrogens with zero attached hydrogens (tertiary/aromatic N) is 4. The van der Waals surface area contributed by atoms with Crippen molar-refractivity contribution in [2.24, 2.45) is 0 Å². The maximum Gasteiger partial charge on any atom is 0.362 e. The van der Waals surface area contributed by atoms with Crippen LogP contribution in [-0.2, 0) is 4.74 Å². The van der Waals surface area contributed by atoms with Crippen molar-refractivity contribution >= 4 is 5.97 Å². The van der Waals surface area contributed by atoms with Gasteiger partial charge in [-0.2, -0.15) is 5.10 Å². The van der Waals surface area contributed by atoms with Gasteiger partial charge in [-0.25, -0.2) is 14.6 Å². The van der Waals surface area contributed by atoms with Crippen molar-refractivity contribution in [2.45, 2.75) is 44.6 Å². The summed E-state index contributed by atoms with van der Waals surface area (Å²) in [6, 6.07) is 10.5. The Balaban J connectivity index is 1.34. The molecule has 0 unspecified atom stereocenters. The van der Waals surface area contributed by atoms with Crippen molar-refractivity contribution in [2.75, 3.05) is 6.61 Å². The molecule has 0 spiro atoms. The maximum absolute atomic E-state index is 11.9. The fourth-order valence-electron chi connectivity index (χ4n) is 3.63. The van der Waals surface area contributed by atoms with Gasteiger partial charge in [0.2, 0.25) is 5.69 Å². The number of nitrogens with one attached hydrogen (secondary N) is 1. The molecule has 0 radical (unpaired) electrons. The third-order valence-corrected chi connectivity index (χ3v) is 5.08. The zero-order valence-electron chi connectivity index (χ0n) is 15.7. The number of hydrogen-bond acceptors (Lipinski definition) is 6. The Morgan fingerprint density at radius 1 is 1.21 bits per heavy atom. The molecule has 3 aromatic rings. The first-order chi connectivity index (χ1) is 13.7. The van der Waals surface area contributed by atoms with Crippen molar-refractivity contribution in [3.05, 3.63) is 54.0 Å². The summed E-state index contributed by atoms with van der Waals surface area (Å²) in [6.07, 6.45) is 7.60. The molecular formula is C20H23N5O3. The summed E-state index contributed by atoms with van der Waals surface area (Å²) in [5.41, 5.74) is 2.57. The standard InChI is InChI=1S/C20H23N5O3/c1-2-27-20(26)18-19(23-24-22-18)28-17-10-6-15(7-11-17)14-4-8-16(9-5-14)25-13-3-12-21-25/h3-5,8-9,12-13,15,17H,2,6-7,10-11H2,1H3,(H,22,23,24)/t15-,17-. The summed E-state index contributed by atoms with van der Waals surface area (Å²) in [5, 5.41) is 14.4. The molecule has 4 rings (SSSR count). The molecule has 1 N–H and O–H groups in total. The van der Waals surface area contributed by atoms with Crippen LogP contribution in [0.25, 0.3) is 5.69 Å². The lowest BCUT2D eigenvalue weighted by atomic mass is 9.82. The van der Waals surface area contributed by atoms with Gasteiger partial charge in [0.25, 0.3) is 5.88 Å². The molecular weight excluding hydrogens is 358 g/mol. The Morgan fingerprint density at radius 2 is 2.00 bits per heavy atom. The summed E-state index contributed by atoms with van der Waals surface area (Å²) in [7, 11) is 0. The van der Waals surface area contributed by atoms with Crippen molar-refractivity contribution in [3.63, 3.8) is 0 Å². The molecule has 8 nitrogen and oxygen atoms in total. The molecule has 0 amide bonds. The van der Waals surface area contributed by atoms with Gasteiger partial charge in [0.1, 0.15) is 6.10 Å². The number of H-pyrrole nitrogens is 1. The van der Waals surface area contributed by atoms with E-state index in [1.807, 2.05) is 16.9 Å². The van der Waals surface area contributed by atoms with Crippen LogP contribution >= 0.6 is 0 Å². The molecule has 0 saturated heterocycles. The number of rotatable bonds is 6. The monoisotopic (exact) mass is 381 g/mol. The first kappa shape index (κ1) is 18.2. The van der Waals surface area contributed by atoms with Crippen LogP contribution in [0, 0.1) is 0 Å². The van der Waals surface area contributed by atoms with Gasteiger partial charge < -0.3 is 9.47 Å². The predicted octanol–water partition coefficient (Wildman–Crippen LogP) is 3.27. The van der Waals surface area contributed by atoms with Crippen molar-refractivity contribution in [3.8, 4) is 11.6 Å². The molecule has 1 saturated carbocycles. The van der Waals surface area contributed by atoms with Crippen molar-refractivity contribution in [1.82, 2.24) is 25.2 Å². The molecule has 146 valence electrons. The van der Waals surface area contributed by atoms with Gasteiger partial charge in [-0.1, -0.05) is 22.4 Å². The first-order valence-corrected chi connectivity index (χ1v) is 9.59. The number of carbonyl (C=O) groups is 1. The Kier molecular flexibility index (Phi) is 5.36. The highest BCUT2D eigenvalue weighted by Crippen LogP contribution is 2.35.